The van der Waals surface area contributed by atoms with E-state index >= 15 is 0 Å². The molecule has 0 aromatic carbocycles. The van der Waals surface area contributed by atoms with Crippen molar-refractivity contribution in [2.75, 3.05) is 36.4 Å². The van der Waals surface area contributed by atoms with E-state index < -0.39 is 0 Å². The molecule has 0 bridgehead atoms. The van der Waals surface area contributed by atoms with Crippen LogP contribution < -0.4 is 15.5 Å². The summed E-state index contributed by atoms with van der Waals surface area (Å²) < 4.78 is 0. The van der Waals surface area contributed by atoms with Gasteiger partial charge in [-0.1, -0.05) is 12.8 Å². The molecule has 1 aliphatic carbocycles. The van der Waals surface area contributed by atoms with Crippen molar-refractivity contribution in [3.8, 4) is 0 Å². The van der Waals surface area contributed by atoms with Crippen LogP contribution in [0.15, 0.2) is 0 Å². The maximum atomic E-state index is 5.02. The smallest absolute Gasteiger partial charge is 0.225 e. The van der Waals surface area contributed by atoms with Crippen LogP contribution in [0.4, 0.5) is 11.8 Å². The highest BCUT2D eigenvalue weighted by atomic mass is 15.2. The zero-order valence-corrected chi connectivity index (χ0v) is 14.8. The number of rotatable bonds is 3. The quantitative estimate of drug-likeness (QED) is 0.893. The highest BCUT2D eigenvalue weighted by Gasteiger charge is 2.23. The van der Waals surface area contributed by atoms with Crippen molar-refractivity contribution in [2.24, 2.45) is 0 Å². The number of anilines is 2. The third-order valence-electron chi connectivity index (χ3n) is 5.70. The van der Waals surface area contributed by atoms with Gasteiger partial charge in [0.15, 0.2) is 0 Å². The molecule has 0 amide bonds. The lowest BCUT2D eigenvalue weighted by molar-refractivity contribution is 0.477. The topological polar surface area (TPSA) is 53.1 Å². The number of hydrogen-bond acceptors (Lipinski definition) is 5. The average Bonchev–Trinajstić information content (AvgIpc) is 2.91. The molecule has 132 valence electrons. The molecule has 24 heavy (non-hydrogen) atoms. The van der Waals surface area contributed by atoms with Gasteiger partial charge in [-0.15, -0.1) is 0 Å². The Kier molecular flexibility index (Phi) is 5.16. The van der Waals surface area contributed by atoms with E-state index in [0.29, 0.717) is 6.04 Å². The van der Waals surface area contributed by atoms with Gasteiger partial charge in [0.25, 0.3) is 0 Å². The summed E-state index contributed by atoms with van der Waals surface area (Å²) in [6.45, 7) is 4.49. The van der Waals surface area contributed by atoms with Crippen molar-refractivity contribution in [1.82, 2.24) is 15.3 Å². The first-order valence-corrected chi connectivity index (χ1v) is 10.0. The Morgan fingerprint density at radius 2 is 1.75 bits per heavy atom. The predicted octanol–water partition coefficient (Wildman–Crippen LogP) is 2.90. The summed E-state index contributed by atoms with van der Waals surface area (Å²) in [5, 5.41) is 7.09. The monoisotopic (exact) mass is 329 g/mol. The summed E-state index contributed by atoms with van der Waals surface area (Å²) in [4.78, 5) is 12.5. The highest BCUT2D eigenvalue weighted by molar-refractivity contribution is 5.54. The fourth-order valence-corrected chi connectivity index (χ4v) is 4.34. The normalized spacial score (nSPS) is 25.0. The molecule has 1 aromatic heterocycles. The number of aromatic nitrogens is 2. The summed E-state index contributed by atoms with van der Waals surface area (Å²) in [5.74, 6) is 2.11. The molecule has 2 aliphatic heterocycles. The van der Waals surface area contributed by atoms with Crippen LogP contribution in [-0.4, -0.2) is 42.2 Å². The Morgan fingerprint density at radius 1 is 0.917 bits per heavy atom. The van der Waals surface area contributed by atoms with Gasteiger partial charge in [0.2, 0.25) is 5.95 Å². The van der Waals surface area contributed by atoms with Gasteiger partial charge < -0.3 is 15.5 Å². The number of hydrogen-bond donors (Lipinski definition) is 2. The second kappa shape index (κ2) is 7.68. The minimum absolute atomic E-state index is 0.470. The highest BCUT2D eigenvalue weighted by Crippen LogP contribution is 2.30. The van der Waals surface area contributed by atoms with Crippen LogP contribution in [-0.2, 0) is 12.8 Å². The lowest BCUT2D eigenvalue weighted by Gasteiger charge is -2.29. The van der Waals surface area contributed by atoms with Crippen LogP contribution in [0.2, 0.25) is 0 Å². The fourth-order valence-electron chi connectivity index (χ4n) is 4.34. The van der Waals surface area contributed by atoms with Crippen LogP contribution in [0.3, 0.4) is 0 Å². The van der Waals surface area contributed by atoms with Crippen molar-refractivity contribution >= 4 is 11.8 Å². The lowest BCUT2D eigenvalue weighted by atomic mass is 9.96. The lowest BCUT2D eigenvalue weighted by Crippen LogP contribution is -2.39. The largest absolute Gasteiger partial charge is 0.356 e. The average molecular weight is 329 g/mol. The molecule has 2 N–H and O–H groups in total. The molecule has 0 radical (unpaired) electrons. The van der Waals surface area contributed by atoms with Crippen LogP contribution in [0.5, 0.6) is 0 Å². The summed E-state index contributed by atoms with van der Waals surface area (Å²) in [6, 6.07) is 0.470. The maximum absolute atomic E-state index is 5.02. The van der Waals surface area contributed by atoms with Crippen molar-refractivity contribution in [3.63, 3.8) is 0 Å². The van der Waals surface area contributed by atoms with Crippen molar-refractivity contribution in [1.29, 1.82) is 0 Å². The van der Waals surface area contributed by atoms with E-state index in [2.05, 4.69) is 15.5 Å². The molecule has 1 aromatic rings. The number of aryl methyl sites for hydroxylation is 1. The van der Waals surface area contributed by atoms with E-state index in [1.165, 1.54) is 68.4 Å². The second-order valence-corrected chi connectivity index (χ2v) is 7.59. The van der Waals surface area contributed by atoms with Crippen molar-refractivity contribution in [3.05, 3.63) is 11.3 Å². The first-order chi connectivity index (χ1) is 11.9. The molecule has 3 aliphatic rings. The zero-order valence-electron chi connectivity index (χ0n) is 14.8. The first-order valence-electron chi connectivity index (χ1n) is 10.0. The van der Waals surface area contributed by atoms with Gasteiger partial charge >= 0.3 is 0 Å². The molecule has 0 unspecified atom stereocenters. The molecular formula is C19H31N5. The molecule has 5 nitrogen and oxygen atoms in total. The second-order valence-electron chi connectivity index (χ2n) is 7.59. The summed E-state index contributed by atoms with van der Waals surface area (Å²) in [5.41, 5.74) is 2.75. The predicted molar refractivity (Wildman–Crippen MR) is 98.9 cm³/mol. The number of fused-ring (bicyclic) bond motifs is 1. The molecule has 0 spiro atoms. The van der Waals surface area contributed by atoms with Crippen LogP contribution in [0.25, 0.3) is 0 Å². The van der Waals surface area contributed by atoms with E-state index in [1.54, 1.807) is 0 Å². The third kappa shape index (κ3) is 3.66. The minimum Gasteiger partial charge on any atom is -0.356 e. The summed E-state index contributed by atoms with van der Waals surface area (Å²) >= 11 is 0. The van der Waals surface area contributed by atoms with Gasteiger partial charge in [-0.2, -0.15) is 4.98 Å². The Bertz CT molecular complexity index is 545. The molecule has 3 heterocycles. The Labute approximate surface area is 145 Å². The van der Waals surface area contributed by atoms with Crippen molar-refractivity contribution in [2.45, 2.75) is 70.3 Å². The van der Waals surface area contributed by atoms with E-state index in [1.807, 2.05) is 0 Å². The van der Waals surface area contributed by atoms with E-state index in [9.17, 15) is 0 Å². The molecule has 2 fully saturated rings. The van der Waals surface area contributed by atoms with Crippen LogP contribution in [0.1, 0.15) is 62.6 Å². The van der Waals surface area contributed by atoms with Gasteiger partial charge in [-0.25, -0.2) is 4.98 Å². The van der Waals surface area contributed by atoms with Gasteiger partial charge in [-0.05, 0) is 57.9 Å². The molecule has 1 atom stereocenters. The van der Waals surface area contributed by atoms with Gasteiger partial charge in [-0.3, -0.25) is 0 Å². The van der Waals surface area contributed by atoms with Crippen molar-refractivity contribution < 1.29 is 0 Å². The molecule has 2 saturated heterocycles. The van der Waals surface area contributed by atoms with E-state index in [0.717, 1.165) is 45.0 Å². The van der Waals surface area contributed by atoms with Crippen LogP contribution in [0, 0.1) is 0 Å². The van der Waals surface area contributed by atoms with E-state index in [4.69, 9.17) is 9.97 Å². The number of nitrogens with one attached hydrogen (secondary N) is 2. The number of nitrogens with zero attached hydrogens (tertiary/aromatic N) is 3. The van der Waals surface area contributed by atoms with Gasteiger partial charge in [0.05, 0.1) is 5.69 Å². The Balaban J connectivity index is 1.61. The minimum atomic E-state index is 0.470. The first kappa shape index (κ1) is 16.1. The molecule has 4 rings (SSSR count). The summed E-state index contributed by atoms with van der Waals surface area (Å²) in [6.07, 6.45) is 12.6. The molecule has 0 saturated carbocycles. The Morgan fingerprint density at radius 3 is 2.54 bits per heavy atom. The van der Waals surface area contributed by atoms with Crippen LogP contribution >= 0.6 is 0 Å². The number of piperidine rings is 1. The SMILES string of the molecule is C1CCCN(c2nc(N[C@@H]3CCCNC3)nc3c2CCCC3)CC1. The van der Waals surface area contributed by atoms with Gasteiger partial charge in [0, 0.05) is 31.2 Å². The summed E-state index contributed by atoms with van der Waals surface area (Å²) in [7, 11) is 0. The molecule has 5 heteroatoms. The standard InChI is InChI=1S/C19H31N5/c1-2-6-13-24(12-5-1)18-16-9-3-4-10-17(16)22-19(23-18)21-15-8-7-11-20-14-15/h15,20H,1-14H2,(H,21,22,23)/t15-/m1/s1. The van der Waals surface area contributed by atoms with E-state index in [-0.39, 0.29) is 0 Å². The maximum Gasteiger partial charge on any atom is 0.225 e. The zero-order chi connectivity index (χ0) is 16.2. The fraction of sp³-hybridized carbons (Fsp3) is 0.789. The van der Waals surface area contributed by atoms with Gasteiger partial charge in [0.1, 0.15) is 5.82 Å². The molecular weight excluding hydrogens is 298 g/mol. The third-order valence-corrected chi connectivity index (χ3v) is 5.70. The Hall–Kier alpha value is -1.36.